The summed E-state index contributed by atoms with van der Waals surface area (Å²) < 4.78 is 28.9. The van der Waals surface area contributed by atoms with E-state index in [2.05, 4.69) is 15.5 Å². The summed E-state index contributed by atoms with van der Waals surface area (Å²) in [7, 11) is -2.89. The van der Waals surface area contributed by atoms with E-state index in [1.54, 1.807) is 6.20 Å². The van der Waals surface area contributed by atoms with Crippen molar-refractivity contribution in [1.82, 2.24) is 15.5 Å². The lowest BCUT2D eigenvalue weighted by Gasteiger charge is -2.22. The van der Waals surface area contributed by atoms with E-state index in [4.69, 9.17) is 4.42 Å². The highest BCUT2D eigenvalue weighted by molar-refractivity contribution is 7.91. The summed E-state index contributed by atoms with van der Waals surface area (Å²) in [5, 5.41) is 10.3. The first-order valence-corrected chi connectivity index (χ1v) is 8.88. The number of aryl methyl sites for hydroxylation is 1. The van der Waals surface area contributed by atoms with Gasteiger partial charge in [0.2, 0.25) is 0 Å². The van der Waals surface area contributed by atoms with Gasteiger partial charge in [-0.3, -0.25) is 5.10 Å². The van der Waals surface area contributed by atoms with Crippen molar-refractivity contribution >= 4 is 9.84 Å². The molecule has 1 fully saturated rings. The number of aromatic amines is 1. The minimum atomic E-state index is -2.89. The van der Waals surface area contributed by atoms with Crippen LogP contribution in [0.25, 0.3) is 11.5 Å². The van der Waals surface area contributed by atoms with Crippen molar-refractivity contribution in [2.24, 2.45) is 0 Å². The number of rotatable bonds is 4. The minimum Gasteiger partial charge on any atom is -0.460 e. The molecule has 0 saturated carbocycles. The highest BCUT2D eigenvalue weighted by Gasteiger charge is 2.24. The molecule has 21 heavy (non-hydrogen) atoms. The van der Waals surface area contributed by atoms with Gasteiger partial charge < -0.3 is 9.73 Å². The third kappa shape index (κ3) is 3.36. The van der Waals surface area contributed by atoms with Crippen molar-refractivity contribution in [1.29, 1.82) is 0 Å². The molecule has 1 aliphatic rings. The van der Waals surface area contributed by atoms with Crippen LogP contribution in [0, 0.1) is 6.92 Å². The summed E-state index contributed by atoms with van der Waals surface area (Å²) in [6.07, 6.45) is 3.37. The lowest BCUT2D eigenvalue weighted by molar-refractivity contribution is 0.479. The zero-order valence-corrected chi connectivity index (χ0v) is 12.7. The summed E-state index contributed by atoms with van der Waals surface area (Å²) in [4.78, 5) is 0. The van der Waals surface area contributed by atoms with E-state index in [1.807, 2.05) is 19.1 Å². The fraction of sp³-hybridized carbons (Fsp3) is 0.500. The molecule has 3 rings (SSSR count). The second-order valence-electron chi connectivity index (χ2n) is 5.51. The van der Waals surface area contributed by atoms with E-state index in [9.17, 15) is 8.42 Å². The summed E-state index contributed by atoms with van der Waals surface area (Å²) in [5.41, 5.74) is 1.82. The molecule has 1 atom stereocenters. The lowest BCUT2D eigenvalue weighted by atomic mass is 10.1. The second-order valence-corrected chi connectivity index (χ2v) is 7.74. The molecule has 3 heterocycles. The van der Waals surface area contributed by atoms with Gasteiger partial charge in [0.15, 0.2) is 15.6 Å². The number of furan rings is 1. The van der Waals surface area contributed by atoms with Crippen LogP contribution in [0.15, 0.2) is 22.7 Å². The molecule has 0 aliphatic carbocycles. The molecular formula is C14H19N3O3S. The SMILES string of the molecule is Cc1ccc(-c2[nH]ncc2CNC2CCCS(=O)(=O)C2)o1. The first-order chi connectivity index (χ1) is 10.0. The number of H-pyrrole nitrogens is 1. The molecule has 2 aromatic heterocycles. The van der Waals surface area contributed by atoms with Gasteiger partial charge in [-0.1, -0.05) is 0 Å². The van der Waals surface area contributed by atoms with Gasteiger partial charge in [0.05, 0.1) is 17.7 Å². The molecule has 1 unspecified atom stereocenters. The third-order valence-electron chi connectivity index (χ3n) is 3.75. The average molecular weight is 309 g/mol. The van der Waals surface area contributed by atoms with Gasteiger partial charge >= 0.3 is 0 Å². The minimum absolute atomic E-state index is 0.0184. The van der Waals surface area contributed by atoms with E-state index < -0.39 is 9.84 Å². The second kappa shape index (κ2) is 5.65. The molecule has 0 amide bonds. The molecule has 0 radical (unpaired) electrons. The number of sulfone groups is 1. The van der Waals surface area contributed by atoms with Crippen LogP contribution < -0.4 is 5.32 Å². The molecule has 2 N–H and O–H groups in total. The van der Waals surface area contributed by atoms with Crippen LogP contribution in [0.5, 0.6) is 0 Å². The standard InChI is InChI=1S/C14H19N3O3S/c1-10-4-5-13(20-10)14-11(8-16-17-14)7-15-12-3-2-6-21(18,19)9-12/h4-5,8,12,15H,2-3,6-7,9H2,1H3,(H,16,17). The van der Waals surface area contributed by atoms with Crippen molar-refractivity contribution in [3.8, 4) is 11.5 Å². The topological polar surface area (TPSA) is 88.0 Å². The predicted octanol–water partition coefficient (Wildman–Crippen LogP) is 1.64. The zero-order valence-electron chi connectivity index (χ0n) is 11.9. The Kier molecular flexibility index (Phi) is 3.86. The van der Waals surface area contributed by atoms with Gasteiger partial charge in [-0.15, -0.1) is 0 Å². The van der Waals surface area contributed by atoms with Crippen molar-refractivity contribution in [2.75, 3.05) is 11.5 Å². The number of nitrogens with zero attached hydrogens (tertiary/aromatic N) is 1. The molecular weight excluding hydrogens is 290 g/mol. The predicted molar refractivity (Wildman–Crippen MR) is 79.5 cm³/mol. The third-order valence-corrected chi connectivity index (χ3v) is 5.57. The van der Waals surface area contributed by atoms with E-state index >= 15 is 0 Å². The summed E-state index contributed by atoms with van der Waals surface area (Å²) in [5.74, 6) is 2.13. The summed E-state index contributed by atoms with van der Waals surface area (Å²) in [6.45, 7) is 2.47. The van der Waals surface area contributed by atoms with Crippen molar-refractivity contribution in [3.05, 3.63) is 29.7 Å². The maximum Gasteiger partial charge on any atom is 0.152 e. The first kappa shape index (κ1) is 14.3. The average Bonchev–Trinajstić information content (AvgIpc) is 3.03. The Morgan fingerprint density at radius 1 is 1.48 bits per heavy atom. The molecule has 0 aromatic carbocycles. The van der Waals surface area contributed by atoms with Crippen LogP contribution in [0.2, 0.25) is 0 Å². The quantitative estimate of drug-likeness (QED) is 0.896. The van der Waals surface area contributed by atoms with Gasteiger partial charge in [0.1, 0.15) is 11.5 Å². The van der Waals surface area contributed by atoms with E-state index in [0.717, 1.165) is 35.6 Å². The van der Waals surface area contributed by atoms with Crippen LogP contribution in [0.1, 0.15) is 24.2 Å². The Balaban J connectivity index is 1.68. The van der Waals surface area contributed by atoms with Gasteiger partial charge in [-0.05, 0) is 31.9 Å². The largest absolute Gasteiger partial charge is 0.460 e. The molecule has 6 nitrogen and oxygen atoms in total. The van der Waals surface area contributed by atoms with E-state index in [-0.39, 0.29) is 11.8 Å². The zero-order chi connectivity index (χ0) is 14.9. The Bertz CT molecular complexity index is 717. The maximum absolute atomic E-state index is 11.6. The monoisotopic (exact) mass is 309 g/mol. The number of hydrogen-bond acceptors (Lipinski definition) is 5. The normalized spacial score (nSPS) is 21.5. The van der Waals surface area contributed by atoms with E-state index in [1.165, 1.54) is 0 Å². The Hall–Kier alpha value is -1.60. The number of hydrogen-bond donors (Lipinski definition) is 2. The van der Waals surface area contributed by atoms with Crippen LogP contribution >= 0.6 is 0 Å². The van der Waals surface area contributed by atoms with Gasteiger partial charge in [0, 0.05) is 18.2 Å². The highest BCUT2D eigenvalue weighted by Crippen LogP contribution is 2.23. The van der Waals surface area contributed by atoms with Crippen LogP contribution in [0.3, 0.4) is 0 Å². The molecule has 7 heteroatoms. The molecule has 0 bridgehead atoms. The molecule has 1 saturated heterocycles. The van der Waals surface area contributed by atoms with E-state index in [0.29, 0.717) is 12.3 Å². The summed E-state index contributed by atoms with van der Waals surface area (Å²) in [6, 6.07) is 3.82. The Morgan fingerprint density at radius 2 is 2.33 bits per heavy atom. The van der Waals surface area contributed by atoms with Crippen LogP contribution in [-0.2, 0) is 16.4 Å². The van der Waals surface area contributed by atoms with Crippen LogP contribution in [-0.4, -0.2) is 36.2 Å². The fourth-order valence-electron chi connectivity index (χ4n) is 2.67. The smallest absolute Gasteiger partial charge is 0.152 e. The Morgan fingerprint density at radius 3 is 3.05 bits per heavy atom. The van der Waals surface area contributed by atoms with Crippen LogP contribution in [0.4, 0.5) is 0 Å². The highest BCUT2D eigenvalue weighted by atomic mass is 32.2. The first-order valence-electron chi connectivity index (χ1n) is 7.06. The van der Waals surface area contributed by atoms with Gasteiger partial charge in [-0.2, -0.15) is 5.10 Å². The Labute approximate surface area is 123 Å². The van der Waals surface area contributed by atoms with Crippen molar-refractivity contribution in [2.45, 2.75) is 32.4 Å². The number of nitrogens with one attached hydrogen (secondary N) is 2. The van der Waals surface area contributed by atoms with Crippen molar-refractivity contribution < 1.29 is 12.8 Å². The van der Waals surface area contributed by atoms with Crippen molar-refractivity contribution in [3.63, 3.8) is 0 Å². The maximum atomic E-state index is 11.6. The van der Waals surface area contributed by atoms with Gasteiger partial charge in [-0.25, -0.2) is 8.42 Å². The molecule has 1 aliphatic heterocycles. The molecule has 2 aromatic rings. The fourth-order valence-corrected chi connectivity index (χ4v) is 4.34. The molecule has 0 spiro atoms. The number of aromatic nitrogens is 2. The summed E-state index contributed by atoms with van der Waals surface area (Å²) >= 11 is 0. The lowest BCUT2D eigenvalue weighted by Crippen LogP contribution is -2.39. The molecule has 114 valence electrons. The van der Waals surface area contributed by atoms with Gasteiger partial charge in [0.25, 0.3) is 0 Å².